The van der Waals surface area contributed by atoms with Crippen molar-refractivity contribution >= 4 is 5.97 Å². The van der Waals surface area contributed by atoms with E-state index in [1.165, 1.54) is 38.2 Å². The zero-order valence-electron chi connectivity index (χ0n) is 13.0. The van der Waals surface area contributed by atoms with Gasteiger partial charge < -0.3 is 4.74 Å². The minimum absolute atomic E-state index is 0.139. The van der Waals surface area contributed by atoms with Gasteiger partial charge in [0, 0.05) is 19.3 Å². The van der Waals surface area contributed by atoms with Crippen LogP contribution in [0.2, 0.25) is 0 Å². The average molecular weight is 276 g/mol. The first-order valence-corrected chi connectivity index (χ1v) is 8.09. The van der Waals surface area contributed by atoms with Gasteiger partial charge in [-0.25, -0.2) is 0 Å². The zero-order chi connectivity index (χ0) is 14.6. The van der Waals surface area contributed by atoms with E-state index in [4.69, 9.17) is 4.74 Å². The topological polar surface area (TPSA) is 26.3 Å². The van der Waals surface area contributed by atoms with Crippen molar-refractivity contribution in [1.29, 1.82) is 0 Å². The first-order chi connectivity index (χ1) is 9.57. The third-order valence-corrected chi connectivity index (χ3v) is 4.84. The summed E-state index contributed by atoms with van der Waals surface area (Å²) in [7, 11) is 0. The smallest absolute Gasteiger partial charge is 0.303 e. The maximum atomic E-state index is 11.4. The summed E-state index contributed by atoms with van der Waals surface area (Å²) in [4.78, 5) is 11.4. The van der Waals surface area contributed by atoms with E-state index in [0.717, 1.165) is 25.7 Å². The fourth-order valence-electron chi connectivity index (χ4n) is 3.59. The molecule has 0 heterocycles. The van der Waals surface area contributed by atoms with Crippen molar-refractivity contribution in [3.8, 4) is 0 Å². The van der Waals surface area contributed by atoms with Crippen LogP contribution in [0, 0.1) is 11.8 Å². The van der Waals surface area contributed by atoms with Crippen molar-refractivity contribution in [1.82, 2.24) is 0 Å². The van der Waals surface area contributed by atoms with Crippen molar-refractivity contribution in [3.05, 3.63) is 24.3 Å². The SMILES string of the molecule is C=C1CCCCC1C[C@H]1C[C@]1(C/C=C/CC)OC(C)=O. The molecule has 2 aliphatic carbocycles. The Labute approximate surface area is 123 Å². The Morgan fingerprint density at radius 3 is 2.90 bits per heavy atom. The van der Waals surface area contributed by atoms with E-state index >= 15 is 0 Å². The molecule has 2 fully saturated rings. The highest BCUT2D eigenvalue weighted by molar-refractivity contribution is 5.67. The highest BCUT2D eigenvalue weighted by Crippen LogP contribution is 2.54. The molecule has 2 saturated carbocycles. The van der Waals surface area contributed by atoms with Crippen LogP contribution in [0.4, 0.5) is 0 Å². The van der Waals surface area contributed by atoms with Crippen LogP contribution in [-0.4, -0.2) is 11.6 Å². The van der Waals surface area contributed by atoms with E-state index in [1.54, 1.807) is 0 Å². The van der Waals surface area contributed by atoms with E-state index in [2.05, 4.69) is 25.7 Å². The van der Waals surface area contributed by atoms with Gasteiger partial charge in [-0.15, -0.1) is 0 Å². The predicted molar refractivity (Wildman–Crippen MR) is 82.4 cm³/mol. The van der Waals surface area contributed by atoms with Crippen molar-refractivity contribution in [2.75, 3.05) is 0 Å². The number of rotatable bonds is 6. The molecule has 20 heavy (non-hydrogen) atoms. The zero-order valence-corrected chi connectivity index (χ0v) is 13.0. The summed E-state index contributed by atoms with van der Waals surface area (Å²) in [5.41, 5.74) is 1.22. The Bertz CT molecular complexity index is 396. The largest absolute Gasteiger partial charge is 0.459 e. The fourth-order valence-corrected chi connectivity index (χ4v) is 3.59. The molecule has 0 bridgehead atoms. The van der Waals surface area contributed by atoms with Crippen molar-refractivity contribution in [3.63, 3.8) is 0 Å². The Kier molecular flexibility index (Phi) is 5.06. The van der Waals surface area contributed by atoms with Gasteiger partial charge in [0.05, 0.1) is 0 Å². The Hall–Kier alpha value is -1.05. The summed E-state index contributed by atoms with van der Waals surface area (Å²) in [6.07, 6.45) is 13.5. The van der Waals surface area contributed by atoms with Crippen LogP contribution in [0.3, 0.4) is 0 Å². The molecule has 2 heteroatoms. The summed E-state index contributed by atoms with van der Waals surface area (Å²) < 4.78 is 5.66. The van der Waals surface area contributed by atoms with Gasteiger partial charge in [-0.1, -0.05) is 37.6 Å². The Morgan fingerprint density at radius 1 is 1.45 bits per heavy atom. The summed E-state index contributed by atoms with van der Waals surface area (Å²) in [6, 6.07) is 0. The van der Waals surface area contributed by atoms with Gasteiger partial charge >= 0.3 is 5.97 Å². The van der Waals surface area contributed by atoms with E-state index in [9.17, 15) is 4.79 Å². The first kappa shape index (κ1) is 15.3. The number of hydrogen-bond donors (Lipinski definition) is 0. The predicted octanol–water partition coefficient (Wildman–Crippen LogP) is 4.80. The standard InChI is InChI=1S/C18H28O2/c1-4-5-8-11-18(20-15(3)19)13-17(18)12-16-10-7-6-9-14(16)2/h5,8,16-17H,2,4,6-7,9-13H2,1,3H3/b8-5+/t16?,17-,18-/m0/s1. The van der Waals surface area contributed by atoms with Gasteiger partial charge in [-0.2, -0.15) is 0 Å². The number of ether oxygens (including phenoxy) is 1. The number of carbonyl (C=O) groups excluding carboxylic acids is 1. The normalized spacial score (nSPS) is 33.4. The molecule has 0 radical (unpaired) electrons. The lowest BCUT2D eigenvalue weighted by Crippen LogP contribution is -2.21. The highest BCUT2D eigenvalue weighted by atomic mass is 16.6. The lowest BCUT2D eigenvalue weighted by molar-refractivity contribution is -0.149. The lowest BCUT2D eigenvalue weighted by Gasteiger charge is -2.25. The Balaban J connectivity index is 1.92. The molecular weight excluding hydrogens is 248 g/mol. The third kappa shape index (κ3) is 3.74. The van der Waals surface area contributed by atoms with Gasteiger partial charge in [-0.05, 0) is 44.4 Å². The van der Waals surface area contributed by atoms with Crippen molar-refractivity contribution < 1.29 is 9.53 Å². The molecular formula is C18H28O2. The minimum Gasteiger partial charge on any atom is -0.459 e. The number of esters is 1. The van der Waals surface area contributed by atoms with Gasteiger partial charge in [0.2, 0.25) is 0 Å². The van der Waals surface area contributed by atoms with Gasteiger partial charge in [-0.3, -0.25) is 4.79 Å². The second-order valence-electron chi connectivity index (χ2n) is 6.48. The molecule has 0 aliphatic heterocycles. The third-order valence-electron chi connectivity index (χ3n) is 4.84. The summed E-state index contributed by atoms with van der Waals surface area (Å²) in [5.74, 6) is 1.05. The molecule has 2 nitrogen and oxygen atoms in total. The van der Waals surface area contributed by atoms with Gasteiger partial charge in [0.1, 0.15) is 5.60 Å². The molecule has 0 aromatic rings. The summed E-state index contributed by atoms with van der Waals surface area (Å²) in [5, 5.41) is 0. The minimum atomic E-state index is -0.199. The molecule has 0 amide bonds. The van der Waals surface area contributed by atoms with E-state index < -0.39 is 0 Å². The van der Waals surface area contributed by atoms with Crippen LogP contribution in [0.1, 0.15) is 65.2 Å². The second-order valence-corrected chi connectivity index (χ2v) is 6.48. The molecule has 0 aromatic heterocycles. The quantitative estimate of drug-likeness (QED) is 0.514. The molecule has 2 rings (SSSR count). The molecule has 0 aromatic carbocycles. The average Bonchev–Trinajstić information content (AvgIpc) is 3.04. The van der Waals surface area contributed by atoms with E-state index in [1.807, 2.05) is 0 Å². The molecule has 1 unspecified atom stereocenters. The molecule has 2 aliphatic rings. The van der Waals surface area contributed by atoms with E-state index in [0.29, 0.717) is 11.8 Å². The molecule has 3 atom stereocenters. The number of carbonyl (C=O) groups is 1. The van der Waals surface area contributed by atoms with Crippen LogP contribution in [0.5, 0.6) is 0 Å². The van der Waals surface area contributed by atoms with Crippen LogP contribution < -0.4 is 0 Å². The molecule has 112 valence electrons. The van der Waals surface area contributed by atoms with Crippen molar-refractivity contribution in [2.24, 2.45) is 11.8 Å². The maximum absolute atomic E-state index is 11.4. The lowest BCUT2D eigenvalue weighted by atomic mass is 9.81. The molecule has 0 spiro atoms. The first-order valence-electron chi connectivity index (χ1n) is 8.09. The van der Waals surface area contributed by atoms with Crippen LogP contribution in [-0.2, 0) is 9.53 Å². The number of hydrogen-bond acceptors (Lipinski definition) is 2. The van der Waals surface area contributed by atoms with Crippen LogP contribution in [0.15, 0.2) is 24.3 Å². The number of allylic oxidation sites excluding steroid dienone is 2. The van der Waals surface area contributed by atoms with Gasteiger partial charge in [0.15, 0.2) is 0 Å². The summed E-state index contributed by atoms with van der Waals surface area (Å²) >= 11 is 0. The van der Waals surface area contributed by atoms with Crippen molar-refractivity contribution in [2.45, 2.75) is 70.8 Å². The fraction of sp³-hybridized carbons (Fsp3) is 0.722. The highest BCUT2D eigenvalue weighted by Gasteiger charge is 2.56. The molecule has 0 N–H and O–H groups in total. The van der Waals surface area contributed by atoms with Crippen LogP contribution in [0.25, 0.3) is 0 Å². The Morgan fingerprint density at radius 2 is 2.25 bits per heavy atom. The monoisotopic (exact) mass is 276 g/mol. The second kappa shape index (κ2) is 6.60. The van der Waals surface area contributed by atoms with E-state index in [-0.39, 0.29) is 11.6 Å². The van der Waals surface area contributed by atoms with Gasteiger partial charge in [0.25, 0.3) is 0 Å². The van der Waals surface area contributed by atoms with Crippen LogP contribution >= 0.6 is 0 Å². The molecule has 0 saturated heterocycles. The summed E-state index contributed by atoms with van der Waals surface area (Å²) in [6.45, 7) is 7.90. The maximum Gasteiger partial charge on any atom is 0.303 e.